The Morgan fingerprint density at radius 2 is 2.06 bits per heavy atom. The fourth-order valence-electron chi connectivity index (χ4n) is 3.32. The topological polar surface area (TPSA) is 80.2 Å². The first-order valence-electron chi connectivity index (χ1n) is 10.9. The van der Waals surface area contributed by atoms with Gasteiger partial charge in [-0.15, -0.1) is 11.8 Å². The average molecular weight is 442 g/mol. The standard InChI is InChI=1S/C23H31N5O2S/c29-21(7-6-16-31-23-9-11-24-19-27-23)25-10-2-5-15-30-22-17-20(8-12-26-22)18-28-13-3-1-4-14-28/h2,5,8-9,11-12,17,19H,1,3-4,6-7,10,13-16,18H2,(H,25,29). The summed E-state index contributed by atoms with van der Waals surface area (Å²) < 4.78 is 5.72. The van der Waals surface area contributed by atoms with E-state index in [2.05, 4.69) is 31.2 Å². The molecule has 0 spiro atoms. The van der Waals surface area contributed by atoms with Crippen LogP contribution in [0, 0.1) is 0 Å². The summed E-state index contributed by atoms with van der Waals surface area (Å²) in [5, 5.41) is 3.83. The number of piperidine rings is 1. The van der Waals surface area contributed by atoms with E-state index >= 15 is 0 Å². The fraction of sp³-hybridized carbons (Fsp3) is 0.478. The number of nitrogens with zero attached hydrogens (tertiary/aromatic N) is 4. The Balaban J connectivity index is 1.24. The number of rotatable bonds is 12. The van der Waals surface area contributed by atoms with E-state index in [9.17, 15) is 4.79 Å². The number of hydrogen-bond donors (Lipinski definition) is 1. The highest BCUT2D eigenvalue weighted by atomic mass is 32.2. The maximum Gasteiger partial charge on any atom is 0.220 e. The molecule has 0 bridgehead atoms. The Hall–Kier alpha value is -2.45. The van der Waals surface area contributed by atoms with Gasteiger partial charge in [0.05, 0.1) is 5.03 Å². The van der Waals surface area contributed by atoms with Crippen molar-refractivity contribution in [1.82, 2.24) is 25.2 Å². The molecule has 1 saturated heterocycles. The molecule has 1 aliphatic rings. The van der Waals surface area contributed by atoms with Crippen LogP contribution >= 0.6 is 11.8 Å². The van der Waals surface area contributed by atoms with Crippen LogP contribution in [0.2, 0.25) is 0 Å². The van der Waals surface area contributed by atoms with Crippen molar-refractivity contribution in [2.45, 2.75) is 43.7 Å². The van der Waals surface area contributed by atoms with Gasteiger partial charge in [-0.1, -0.05) is 12.5 Å². The van der Waals surface area contributed by atoms with E-state index in [-0.39, 0.29) is 5.91 Å². The third-order valence-corrected chi connectivity index (χ3v) is 5.95. The highest BCUT2D eigenvalue weighted by Crippen LogP contribution is 2.16. The van der Waals surface area contributed by atoms with E-state index in [1.807, 2.05) is 30.5 Å². The highest BCUT2D eigenvalue weighted by molar-refractivity contribution is 7.99. The second-order valence-electron chi connectivity index (χ2n) is 7.43. The lowest BCUT2D eigenvalue weighted by Gasteiger charge is -2.26. The van der Waals surface area contributed by atoms with E-state index < -0.39 is 0 Å². The normalized spacial score (nSPS) is 14.6. The van der Waals surface area contributed by atoms with Gasteiger partial charge in [-0.2, -0.15) is 0 Å². The first kappa shape index (κ1) is 23.2. The quantitative estimate of drug-likeness (QED) is 0.234. The number of pyridine rings is 1. The molecule has 8 heteroatoms. The number of carbonyl (C=O) groups is 1. The Bertz CT molecular complexity index is 813. The molecule has 2 aromatic heterocycles. The van der Waals surface area contributed by atoms with Crippen LogP contribution in [0.5, 0.6) is 5.88 Å². The van der Waals surface area contributed by atoms with Crippen LogP contribution in [0.4, 0.5) is 0 Å². The molecule has 1 aliphatic heterocycles. The predicted molar refractivity (Wildman–Crippen MR) is 123 cm³/mol. The van der Waals surface area contributed by atoms with Crippen LogP contribution in [0.1, 0.15) is 37.7 Å². The van der Waals surface area contributed by atoms with Crippen LogP contribution in [0.3, 0.4) is 0 Å². The van der Waals surface area contributed by atoms with Crippen molar-refractivity contribution in [3.8, 4) is 5.88 Å². The molecule has 166 valence electrons. The number of likely N-dealkylation sites (tertiary alicyclic amines) is 1. The zero-order valence-electron chi connectivity index (χ0n) is 17.9. The second kappa shape index (κ2) is 13.8. The van der Waals surface area contributed by atoms with Crippen LogP contribution in [0.25, 0.3) is 0 Å². The number of carbonyl (C=O) groups excluding carboxylic acids is 1. The molecular formula is C23H31N5O2S. The summed E-state index contributed by atoms with van der Waals surface area (Å²) in [5.41, 5.74) is 1.24. The van der Waals surface area contributed by atoms with Crippen LogP contribution in [-0.4, -0.2) is 57.8 Å². The van der Waals surface area contributed by atoms with E-state index in [1.165, 1.54) is 44.2 Å². The van der Waals surface area contributed by atoms with Gasteiger partial charge in [0, 0.05) is 38.0 Å². The van der Waals surface area contributed by atoms with Crippen LogP contribution in [0.15, 0.2) is 54.1 Å². The number of ether oxygens (including phenoxy) is 1. The van der Waals surface area contributed by atoms with Crippen molar-refractivity contribution >= 4 is 17.7 Å². The van der Waals surface area contributed by atoms with Gasteiger partial charge in [0.15, 0.2) is 0 Å². The molecule has 0 atom stereocenters. The summed E-state index contributed by atoms with van der Waals surface area (Å²) >= 11 is 1.64. The van der Waals surface area contributed by atoms with Crippen molar-refractivity contribution in [2.24, 2.45) is 0 Å². The first-order chi connectivity index (χ1) is 15.3. The lowest BCUT2D eigenvalue weighted by Crippen LogP contribution is -2.29. The summed E-state index contributed by atoms with van der Waals surface area (Å²) in [7, 11) is 0. The maximum atomic E-state index is 11.9. The monoisotopic (exact) mass is 441 g/mol. The van der Waals surface area contributed by atoms with Crippen molar-refractivity contribution in [1.29, 1.82) is 0 Å². The molecule has 2 aromatic rings. The predicted octanol–water partition coefficient (Wildman–Crippen LogP) is 3.48. The SMILES string of the molecule is O=C(CCCSc1ccncn1)NCC=CCOc1cc(CN2CCCCC2)ccn1. The van der Waals surface area contributed by atoms with Gasteiger partial charge in [-0.05, 0) is 61.9 Å². The Morgan fingerprint density at radius 1 is 1.16 bits per heavy atom. The van der Waals surface area contributed by atoms with Gasteiger partial charge in [0.1, 0.15) is 12.9 Å². The number of nitrogens with one attached hydrogen (secondary N) is 1. The van der Waals surface area contributed by atoms with Crippen molar-refractivity contribution in [3.63, 3.8) is 0 Å². The van der Waals surface area contributed by atoms with Crippen molar-refractivity contribution in [3.05, 3.63) is 54.6 Å². The molecule has 0 saturated carbocycles. The van der Waals surface area contributed by atoms with Crippen molar-refractivity contribution < 1.29 is 9.53 Å². The van der Waals surface area contributed by atoms with Gasteiger partial charge in [0.25, 0.3) is 0 Å². The van der Waals surface area contributed by atoms with Crippen molar-refractivity contribution in [2.75, 3.05) is 32.0 Å². The van der Waals surface area contributed by atoms with Gasteiger partial charge >= 0.3 is 0 Å². The minimum Gasteiger partial charge on any atom is -0.473 e. The minimum atomic E-state index is 0.0564. The summed E-state index contributed by atoms with van der Waals surface area (Å²) in [6, 6.07) is 5.95. The molecule has 0 unspecified atom stereocenters. The molecule has 0 radical (unpaired) electrons. The number of amides is 1. The molecule has 3 heterocycles. The smallest absolute Gasteiger partial charge is 0.220 e. The number of hydrogen-bond acceptors (Lipinski definition) is 7. The van der Waals surface area contributed by atoms with Crippen LogP contribution in [-0.2, 0) is 11.3 Å². The zero-order valence-corrected chi connectivity index (χ0v) is 18.7. The lowest BCUT2D eigenvalue weighted by molar-refractivity contribution is -0.120. The molecule has 7 nitrogen and oxygen atoms in total. The van der Waals surface area contributed by atoms with E-state index in [0.29, 0.717) is 25.5 Å². The Labute approximate surface area is 188 Å². The molecule has 1 fully saturated rings. The summed E-state index contributed by atoms with van der Waals surface area (Å²) in [6.45, 7) is 4.25. The Kier molecular flexibility index (Phi) is 10.3. The number of thioether (sulfide) groups is 1. The molecule has 1 N–H and O–H groups in total. The molecule has 1 amide bonds. The van der Waals surface area contributed by atoms with E-state index in [0.717, 1.165) is 23.7 Å². The molecule has 31 heavy (non-hydrogen) atoms. The maximum absolute atomic E-state index is 11.9. The third kappa shape index (κ3) is 9.48. The molecule has 0 aliphatic carbocycles. The second-order valence-corrected chi connectivity index (χ2v) is 8.54. The summed E-state index contributed by atoms with van der Waals surface area (Å²) in [4.78, 5) is 26.7. The van der Waals surface area contributed by atoms with Gasteiger partial charge < -0.3 is 10.1 Å². The highest BCUT2D eigenvalue weighted by Gasteiger charge is 2.10. The minimum absolute atomic E-state index is 0.0564. The zero-order chi connectivity index (χ0) is 21.6. The lowest BCUT2D eigenvalue weighted by atomic mass is 10.1. The van der Waals surface area contributed by atoms with Gasteiger partial charge in [-0.3, -0.25) is 9.69 Å². The fourth-order valence-corrected chi connectivity index (χ4v) is 4.10. The van der Waals surface area contributed by atoms with E-state index in [4.69, 9.17) is 4.74 Å². The molecule has 0 aromatic carbocycles. The largest absolute Gasteiger partial charge is 0.473 e. The van der Waals surface area contributed by atoms with Gasteiger partial charge in [0.2, 0.25) is 11.8 Å². The first-order valence-corrected chi connectivity index (χ1v) is 11.9. The summed E-state index contributed by atoms with van der Waals surface area (Å²) in [5.74, 6) is 1.56. The molecular weight excluding hydrogens is 410 g/mol. The number of aromatic nitrogens is 3. The van der Waals surface area contributed by atoms with Gasteiger partial charge in [-0.25, -0.2) is 15.0 Å². The summed E-state index contributed by atoms with van der Waals surface area (Å²) in [6.07, 6.45) is 14.1. The van der Waals surface area contributed by atoms with Crippen LogP contribution < -0.4 is 10.1 Å². The third-order valence-electron chi connectivity index (χ3n) is 4.92. The van der Waals surface area contributed by atoms with E-state index in [1.54, 1.807) is 18.0 Å². The average Bonchev–Trinajstić information content (AvgIpc) is 2.81. The Morgan fingerprint density at radius 3 is 2.90 bits per heavy atom. The molecule has 3 rings (SSSR count).